The molecule has 9 heteroatoms. The Morgan fingerprint density at radius 3 is 2.47 bits per heavy atom. The van der Waals surface area contributed by atoms with Crippen LogP contribution in [0.25, 0.3) is 27.6 Å². The maximum absolute atomic E-state index is 11.9. The van der Waals surface area contributed by atoms with E-state index in [4.69, 9.17) is 4.98 Å². The number of benzene rings is 1. The van der Waals surface area contributed by atoms with Crippen LogP contribution in [-0.2, 0) is 0 Å². The first-order valence-corrected chi connectivity index (χ1v) is 10.4. The number of aryl methyl sites for hydroxylation is 1. The number of anilines is 1. The molecule has 1 N–H and O–H groups in total. The molecule has 0 saturated carbocycles. The minimum Gasteiger partial charge on any atom is -0.357 e. The van der Waals surface area contributed by atoms with Crippen molar-refractivity contribution in [2.45, 2.75) is 34.6 Å². The van der Waals surface area contributed by atoms with E-state index in [2.05, 4.69) is 19.7 Å². The van der Waals surface area contributed by atoms with Crippen LogP contribution in [0.4, 0.5) is 11.6 Å². The van der Waals surface area contributed by atoms with Crippen molar-refractivity contribution in [2.75, 3.05) is 12.4 Å². The Morgan fingerprint density at radius 2 is 1.80 bits per heavy atom. The second kappa shape index (κ2) is 7.17. The van der Waals surface area contributed by atoms with E-state index in [9.17, 15) is 10.1 Å². The molecule has 0 aliphatic rings. The fourth-order valence-electron chi connectivity index (χ4n) is 3.97. The first kappa shape index (κ1) is 20.0. The molecule has 0 radical (unpaired) electrons. The molecule has 30 heavy (non-hydrogen) atoms. The van der Waals surface area contributed by atoms with Gasteiger partial charge in [0, 0.05) is 41.0 Å². The molecule has 0 atom stereocenters. The second-order valence-corrected chi connectivity index (χ2v) is 8.14. The Kier molecular flexibility index (Phi) is 4.77. The first-order valence-electron chi connectivity index (χ1n) is 9.49. The van der Waals surface area contributed by atoms with Crippen LogP contribution in [-0.4, -0.2) is 31.3 Å². The molecule has 0 unspecified atom stereocenters. The van der Waals surface area contributed by atoms with Crippen molar-refractivity contribution in [3.8, 4) is 22.6 Å². The standard InChI is InChI=1S/C21H22N6O2S/c1-10-9-30-21-25-17(19(26(10)21)15-7-8-23-20(22-6)24-15)16-12(3)11(2)13(4)18(14(16)5)27(28)29/h7-9H,1-6H3,(H,22,23,24). The van der Waals surface area contributed by atoms with Crippen LogP contribution in [0, 0.1) is 44.7 Å². The van der Waals surface area contributed by atoms with E-state index < -0.39 is 0 Å². The number of nitro groups is 1. The number of nitro benzene ring substituents is 1. The third-order valence-electron chi connectivity index (χ3n) is 5.66. The molecule has 8 nitrogen and oxygen atoms in total. The lowest BCUT2D eigenvalue weighted by atomic mass is 9.89. The van der Waals surface area contributed by atoms with E-state index >= 15 is 0 Å². The molecule has 0 spiro atoms. The number of hydrogen-bond donors (Lipinski definition) is 1. The van der Waals surface area contributed by atoms with Gasteiger partial charge in [-0.25, -0.2) is 15.0 Å². The Bertz CT molecular complexity index is 1320. The maximum atomic E-state index is 11.9. The Balaban J connectivity index is 2.15. The lowest BCUT2D eigenvalue weighted by molar-refractivity contribution is -0.386. The summed E-state index contributed by atoms with van der Waals surface area (Å²) in [6.07, 6.45) is 1.70. The normalized spacial score (nSPS) is 11.3. The highest BCUT2D eigenvalue weighted by Crippen LogP contribution is 2.42. The van der Waals surface area contributed by atoms with Gasteiger partial charge in [0.15, 0.2) is 4.96 Å². The van der Waals surface area contributed by atoms with Gasteiger partial charge in [-0.3, -0.25) is 14.5 Å². The number of nitrogens with zero attached hydrogens (tertiary/aromatic N) is 5. The van der Waals surface area contributed by atoms with Crippen molar-refractivity contribution in [3.63, 3.8) is 0 Å². The zero-order valence-corrected chi connectivity index (χ0v) is 18.5. The van der Waals surface area contributed by atoms with Gasteiger partial charge >= 0.3 is 0 Å². The number of thiazole rings is 1. The summed E-state index contributed by atoms with van der Waals surface area (Å²) in [6, 6.07) is 1.84. The number of hydrogen-bond acceptors (Lipinski definition) is 7. The summed E-state index contributed by atoms with van der Waals surface area (Å²) in [5.74, 6) is 0.501. The summed E-state index contributed by atoms with van der Waals surface area (Å²) in [5.41, 5.74) is 7.39. The Hall–Kier alpha value is -3.33. The summed E-state index contributed by atoms with van der Waals surface area (Å²) in [6.45, 7) is 9.54. The monoisotopic (exact) mass is 422 g/mol. The molecule has 3 heterocycles. The molecule has 1 aromatic carbocycles. The van der Waals surface area contributed by atoms with Gasteiger partial charge in [-0.15, -0.1) is 11.3 Å². The zero-order chi connectivity index (χ0) is 21.7. The highest BCUT2D eigenvalue weighted by Gasteiger charge is 2.28. The average Bonchev–Trinajstić information content (AvgIpc) is 3.26. The number of nitrogens with one attached hydrogen (secondary N) is 1. The van der Waals surface area contributed by atoms with Crippen LogP contribution in [0.2, 0.25) is 0 Å². The lowest BCUT2D eigenvalue weighted by Crippen LogP contribution is -2.04. The molecule has 0 saturated heterocycles. The van der Waals surface area contributed by atoms with Gasteiger partial charge in [0.1, 0.15) is 11.4 Å². The summed E-state index contributed by atoms with van der Waals surface area (Å²) in [5, 5.41) is 16.9. The molecule has 4 rings (SSSR count). The predicted molar refractivity (Wildman–Crippen MR) is 119 cm³/mol. The van der Waals surface area contributed by atoms with Crippen molar-refractivity contribution in [3.05, 3.63) is 55.7 Å². The van der Waals surface area contributed by atoms with Crippen LogP contribution in [0.3, 0.4) is 0 Å². The third kappa shape index (κ3) is 2.85. The van der Waals surface area contributed by atoms with Crippen LogP contribution < -0.4 is 5.32 Å². The van der Waals surface area contributed by atoms with E-state index in [1.807, 2.05) is 32.2 Å². The van der Waals surface area contributed by atoms with Crippen LogP contribution in [0.15, 0.2) is 17.6 Å². The first-order chi connectivity index (χ1) is 14.3. The second-order valence-electron chi connectivity index (χ2n) is 7.30. The summed E-state index contributed by atoms with van der Waals surface area (Å²) in [7, 11) is 1.77. The fraction of sp³-hybridized carbons (Fsp3) is 0.286. The van der Waals surface area contributed by atoms with Gasteiger partial charge in [0.2, 0.25) is 5.95 Å². The molecule has 0 fully saturated rings. The molecule has 3 aromatic heterocycles. The number of aromatic nitrogens is 4. The molecule has 0 aliphatic heterocycles. The fourth-order valence-corrected chi connectivity index (χ4v) is 4.84. The maximum Gasteiger partial charge on any atom is 0.276 e. The van der Waals surface area contributed by atoms with Gasteiger partial charge < -0.3 is 5.32 Å². The van der Waals surface area contributed by atoms with Gasteiger partial charge in [0.05, 0.1) is 10.6 Å². The van der Waals surface area contributed by atoms with E-state index in [-0.39, 0.29) is 10.6 Å². The van der Waals surface area contributed by atoms with Crippen LogP contribution in [0.5, 0.6) is 0 Å². The summed E-state index contributed by atoms with van der Waals surface area (Å²) >= 11 is 1.54. The van der Waals surface area contributed by atoms with E-state index in [0.717, 1.165) is 33.0 Å². The van der Waals surface area contributed by atoms with Crippen LogP contribution >= 0.6 is 11.3 Å². The minimum atomic E-state index is -0.298. The van der Waals surface area contributed by atoms with Gasteiger partial charge in [-0.1, -0.05) is 0 Å². The Labute approximate surface area is 177 Å². The van der Waals surface area contributed by atoms with Crippen LogP contribution in [0.1, 0.15) is 27.9 Å². The van der Waals surface area contributed by atoms with Gasteiger partial charge in [-0.2, -0.15) is 0 Å². The number of imidazole rings is 1. The number of rotatable bonds is 4. The zero-order valence-electron chi connectivity index (χ0n) is 17.7. The molecular weight excluding hydrogens is 400 g/mol. The van der Waals surface area contributed by atoms with Gasteiger partial charge in [0.25, 0.3) is 5.69 Å². The van der Waals surface area contributed by atoms with Crippen molar-refractivity contribution in [1.82, 2.24) is 19.4 Å². The minimum absolute atomic E-state index is 0.144. The van der Waals surface area contributed by atoms with Crippen molar-refractivity contribution >= 4 is 27.9 Å². The molecule has 154 valence electrons. The predicted octanol–water partition coefficient (Wildman–Crippen LogP) is 5.01. The largest absolute Gasteiger partial charge is 0.357 e. The molecule has 0 amide bonds. The van der Waals surface area contributed by atoms with E-state index in [1.165, 1.54) is 11.3 Å². The van der Waals surface area contributed by atoms with Crippen molar-refractivity contribution in [2.24, 2.45) is 0 Å². The molecule has 4 aromatic rings. The van der Waals surface area contributed by atoms with Crippen molar-refractivity contribution in [1.29, 1.82) is 0 Å². The quantitative estimate of drug-likeness (QED) is 0.367. The lowest BCUT2D eigenvalue weighted by Gasteiger charge is -2.16. The molecule has 0 aliphatic carbocycles. The number of fused-ring (bicyclic) bond motifs is 1. The molecule has 0 bridgehead atoms. The highest BCUT2D eigenvalue weighted by molar-refractivity contribution is 7.15. The summed E-state index contributed by atoms with van der Waals surface area (Å²) < 4.78 is 2.06. The average molecular weight is 423 g/mol. The third-order valence-corrected chi connectivity index (χ3v) is 6.60. The highest BCUT2D eigenvalue weighted by atomic mass is 32.1. The summed E-state index contributed by atoms with van der Waals surface area (Å²) in [4.78, 5) is 26.1. The van der Waals surface area contributed by atoms with Crippen molar-refractivity contribution < 1.29 is 4.92 Å². The van der Waals surface area contributed by atoms with Gasteiger partial charge in [-0.05, 0) is 51.8 Å². The van der Waals surface area contributed by atoms with E-state index in [0.29, 0.717) is 28.5 Å². The topological polar surface area (TPSA) is 98.2 Å². The molecular formula is C21H22N6O2S. The smallest absolute Gasteiger partial charge is 0.276 e. The SMILES string of the molecule is CNc1nccc(-c2c(-c3c(C)c(C)c(C)c([N+](=O)[O-])c3C)nc3scc(C)n23)n1. The Morgan fingerprint density at radius 1 is 1.07 bits per heavy atom. The van der Waals surface area contributed by atoms with E-state index in [1.54, 1.807) is 27.1 Å².